The summed E-state index contributed by atoms with van der Waals surface area (Å²) >= 11 is 0. The van der Waals surface area contributed by atoms with Crippen molar-refractivity contribution in [2.45, 2.75) is 13.3 Å². The molecule has 0 atom stereocenters. The van der Waals surface area contributed by atoms with E-state index in [2.05, 4.69) is 6.07 Å². The lowest BCUT2D eigenvalue weighted by atomic mass is 10.0. The number of pyridine rings is 1. The summed E-state index contributed by atoms with van der Waals surface area (Å²) in [7, 11) is 0. The van der Waals surface area contributed by atoms with E-state index in [9.17, 15) is 4.79 Å². The molecular weight excluding hydrogens is 260 g/mol. The molecular formula is C18H18N2O. The number of hydrogen-bond acceptors (Lipinski definition) is 2. The molecule has 0 amide bonds. The van der Waals surface area contributed by atoms with Gasteiger partial charge in [-0.1, -0.05) is 36.4 Å². The summed E-state index contributed by atoms with van der Waals surface area (Å²) in [6.45, 7) is 2.49. The maximum Gasteiger partial charge on any atom is 0.263 e. The molecule has 1 aromatic heterocycles. The van der Waals surface area contributed by atoms with E-state index in [0.29, 0.717) is 13.0 Å². The topological polar surface area (TPSA) is 48.0 Å². The molecule has 106 valence electrons. The van der Waals surface area contributed by atoms with Crippen molar-refractivity contribution in [3.8, 4) is 5.69 Å². The quantitative estimate of drug-likeness (QED) is 0.801. The monoisotopic (exact) mass is 278 g/mol. The first kappa shape index (κ1) is 13.6. The molecule has 1 heterocycles. The van der Waals surface area contributed by atoms with Crippen LogP contribution in [0.5, 0.6) is 0 Å². The van der Waals surface area contributed by atoms with Crippen molar-refractivity contribution in [2.75, 3.05) is 6.54 Å². The molecule has 3 nitrogen and oxygen atoms in total. The van der Waals surface area contributed by atoms with E-state index < -0.39 is 0 Å². The van der Waals surface area contributed by atoms with E-state index in [1.807, 2.05) is 55.5 Å². The number of aryl methyl sites for hydroxylation is 1. The normalized spacial score (nSPS) is 11.0. The zero-order chi connectivity index (χ0) is 14.8. The Balaban J connectivity index is 2.41. The fraction of sp³-hybridized carbons (Fsp3) is 0.167. The highest BCUT2D eigenvalue weighted by molar-refractivity contribution is 5.85. The lowest BCUT2D eigenvalue weighted by Gasteiger charge is -2.15. The Bertz CT molecular complexity index is 835. The Morgan fingerprint density at radius 2 is 1.81 bits per heavy atom. The van der Waals surface area contributed by atoms with E-state index in [4.69, 9.17) is 5.73 Å². The first-order valence-corrected chi connectivity index (χ1v) is 7.12. The number of nitrogens with two attached hydrogens (primary N) is 1. The number of nitrogens with zero attached hydrogens (tertiary/aromatic N) is 1. The van der Waals surface area contributed by atoms with Crippen LogP contribution >= 0.6 is 0 Å². The molecule has 0 saturated heterocycles. The van der Waals surface area contributed by atoms with Gasteiger partial charge in [0.2, 0.25) is 0 Å². The molecule has 0 saturated carbocycles. The molecule has 0 unspecified atom stereocenters. The molecule has 0 aliphatic carbocycles. The number of benzene rings is 2. The van der Waals surface area contributed by atoms with Crippen LogP contribution in [-0.2, 0) is 6.42 Å². The second-order valence-corrected chi connectivity index (χ2v) is 5.19. The average Bonchev–Trinajstić information content (AvgIpc) is 2.48. The summed E-state index contributed by atoms with van der Waals surface area (Å²) < 4.78 is 1.78. The first-order chi connectivity index (χ1) is 10.2. The maximum atomic E-state index is 13.0. The Morgan fingerprint density at radius 3 is 2.52 bits per heavy atom. The zero-order valence-electron chi connectivity index (χ0n) is 12.0. The third-order valence-electron chi connectivity index (χ3n) is 3.75. The lowest BCUT2D eigenvalue weighted by molar-refractivity contribution is 0.843. The van der Waals surface area contributed by atoms with Gasteiger partial charge in [-0.3, -0.25) is 9.36 Å². The van der Waals surface area contributed by atoms with Gasteiger partial charge in [0.25, 0.3) is 5.56 Å². The van der Waals surface area contributed by atoms with Crippen molar-refractivity contribution >= 4 is 10.8 Å². The van der Waals surface area contributed by atoms with Gasteiger partial charge in [-0.2, -0.15) is 0 Å². The van der Waals surface area contributed by atoms with Crippen molar-refractivity contribution in [2.24, 2.45) is 5.73 Å². The van der Waals surface area contributed by atoms with Crippen molar-refractivity contribution in [3.05, 3.63) is 76.2 Å². The lowest BCUT2D eigenvalue weighted by Crippen LogP contribution is -2.24. The third-order valence-corrected chi connectivity index (χ3v) is 3.75. The maximum absolute atomic E-state index is 13.0. The van der Waals surface area contributed by atoms with Crippen LogP contribution in [0.4, 0.5) is 0 Å². The van der Waals surface area contributed by atoms with Crippen molar-refractivity contribution in [1.29, 1.82) is 0 Å². The Kier molecular flexibility index (Phi) is 3.59. The number of aromatic nitrogens is 1. The standard InChI is InChI=1S/C18H18N2O/c1-13-6-5-7-14-12-16(10-11-19)20(18(21)17(13)14)15-8-3-2-4-9-15/h2-9,12H,10-11,19H2,1H3. The van der Waals surface area contributed by atoms with Crippen LogP contribution in [0.25, 0.3) is 16.5 Å². The van der Waals surface area contributed by atoms with E-state index in [1.165, 1.54) is 0 Å². The van der Waals surface area contributed by atoms with Gasteiger partial charge in [-0.15, -0.1) is 0 Å². The van der Waals surface area contributed by atoms with Gasteiger partial charge in [0.15, 0.2) is 0 Å². The van der Waals surface area contributed by atoms with Gasteiger partial charge in [-0.25, -0.2) is 0 Å². The molecule has 0 bridgehead atoms. The highest BCUT2D eigenvalue weighted by atomic mass is 16.1. The number of fused-ring (bicyclic) bond motifs is 1. The third kappa shape index (κ3) is 2.36. The van der Waals surface area contributed by atoms with E-state index >= 15 is 0 Å². The summed E-state index contributed by atoms with van der Waals surface area (Å²) in [4.78, 5) is 13.0. The summed E-state index contributed by atoms with van der Waals surface area (Å²) in [5, 5.41) is 1.76. The molecule has 0 aliphatic rings. The molecule has 0 radical (unpaired) electrons. The van der Waals surface area contributed by atoms with Crippen LogP contribution in [0.15, 0.2) is 59.4 Å². The largest absolute Gasteiger partial charge is 0.330 e. The smallest absolute Gasteiger partial charge is 0.263 e. The zero-order valence-corrected chi connectivity index (χ0v) is 12.0. The van der Waals surface area contributed by atoms with Crippen molar-refractivity contribution in [1.82, 2.24) is 4.57 Å². The van der Waals surface area contributed by atoms with Crippen LogP contribution in [0, 0.1) is 6.92 Å². The first-order valence-electron chi connectivity index (χ1n) is 7.12. The summed E-state index contributed by atoms with van der Waals surface area (Å²) in [5.41, 5.74) is 8.58. The van der Waals surface area contributed by atoms with Gasteiger partial charge in [0.05, 0.1) is 5.39 Å². The van der Waals surface area contributed by atoms with Gasteiger partial charge in [0, 0.05) is 17.8 Å². The predicted octanol–water partition coefficient (Wildman–Crippen LogP) is 2.80. The summed E-state index contributed by atoms with van der Waals surface area (Å²) in [5.74, 6) is 0. The van der Waals surface area contributed by atoms with Crippen LogP contribution in [-0.4, -0.2) is 11.1 Å². The number of rotatable bonds is 3. The second kappa shape index (κ2) is 5.54. The average molecular weight is 278 g/mol. The number of para-hydroxylation sites is 1. The summed E-state index contributed by atoms with van der Waals surface area (Å²) in [6.07, 6.45) is 0.675. The molecule has 21 heavy (non-hydrogen) atoms. The van der Waals surface area contributed by atoms with Gasteiger partial charge in [-0.05, 0) is 42.6 Å². The van der Waals surface area contributed by atoms with Gasteiger partial charge < -0.3 is 5.73 Å². The SMILES string of the molecule is Cc1cccc2cc(CCN)n(-c3ccccc3)c(=O)c12. The minimum Gasteiger partial charge on any atom is -0.330 e. The summed E-state index contributed by atoms with van der Waals surface area (Å²) in [6, 6.07) is 17.7. The fourth-order valence-corrected chi connectivity index (χ4v) is 2.78. The molecule has 3 heteroatoms. The van der Waals surface area contributed by atoms with Crippen molar-refractivity contribution < 1.29 is 0 Å². The molecule has 0 fully saturated rings. The molecule has 0 spiro atoms. The molecule has 2 aromatic carbocycles. The highest BCUT2D eigenvalue weighted by Crippen LogP contribution is 2.19. The van der Waals surface area contributed by atoms with Crippen molar-refractivity contribution in [3.63, 3.8) is 0 Å². The molecule has 3 rings (SSSR count). The fourth-order valence-electron chi connectivity index (χ4n) is 2.78. The van der Waals surface area contributed by atoms with E-state index in [1.54, 1.807) is 4.57 Å². The van der Waals surface area contributed by atoms with E-state index in [-0.39, 0.29) is 5.56 Å². The van der Waals surface area contributed by atoms with Crippen LogP contribution < -0.4 is 11.3 Å². The van der Waals surface area contributed by atoms with E-state index in [0.717, 1.165) is 27.7 Å². The van der Waals surface area contributed by atoms with Gasteiger partial charge in [0.1, 0.15) is 0 Å². The minimum atomic E-state index is 0.0280. The second-order valence-electron chi connectivity index (χ2n) is 5.19. The predicted molar refractivity (Wildman–Crippen MR) is 87.0 cm³/mol. The van der Waals surface area contributed by atoms with Gasteiger partial charge >= 0.3 is 0 Å². The van der Waals surface area contributed by atoms with Crippen LogP contribution in [0.2, 0.25) is 0 Å². The van der Waals surface area contributed by atoms with Crippen LogP contribution in [0.1, 0.15) is 11.3 Å². The Labute approximate surface area is 123 Å². The highest BCUT2D eigenvalue weighted by Gasteiger charge is 2.11. The Hall–Kier alpha value is -2.39. The molecule has 3 aromatic rings. The Morgan fingerprint density at radius 1 is 1.05 bits per heavy atom. The number of hydrogen-bond donors (Lipinski definition) is 1. The molecule has 2 N–H and O–H groups in total. The molecule has 0 aliphatic heterocycles. The minimum absolute atomic E-state index is 0.0280. The van der Waals surface area contributed by atoms with Crippen LogP contribution in [0.3, 0.4) is 0 Å².